The predicted octanol–water partition coefficient (Wildman–Crippen LogP) is 3.39. The molecule has 6 heteroatoms. The van der Waals surface area contributed by atoms with Gasteiger partial charge in [-0.1, -0.05) is 29.3 Å². The molecule has 0 bridgehead atoms. The number of aromatic amines is 1. The molecule has 1 aromatic heterocycles. The van der Waals surface area contributed by atoms with Crippen molar-refractivity contribution in [1.82, 2.24) is 15.1 Å². The molecule has 0 spiro atoms. The molecular formula is C14H13Cl2N3O. The van der Waals surface area contributed by atoms with Crippen LogP contribution in [-0.2, 0) is 11.3 Å². The number of amides is 1. The molecule has 4 nitrogen and oxygen atoms in total. The lowest BCUT2D eigenvalue weighted by atomic mass is 10.2. The van der Waals surface area contributed by atoms with Crippen LogP contribution in [0.5, 0.6) is 0 Å². The fourth-order valence-electron chi connectivity index (χ4n) is 1.64. The van der Waals surface area contributed by atoms with E-state index in [4.69, 9.17) is 23.2 Å². The molecule has 2 aromatic rings. The second-order valence-electron chi connectivity index (χ2n) is 4.30. The Morgan fingerprint density at radius 1 is 1.45 bits per heavy atom. The summed E-state index contributed by atoms with van der Waals surface area (Å²) in [6.45, 7) is 0.494. The average Bonchev–Trinajstić information content (AvgIpc) is 2.90. The molecule has 0 fully saturated rings. The zero-order valence-electron chi connectivity index (χ0n) is 10.8. The van der Waals surface area contributed by atoms with Gasteiger partial charge in [-0.2, -0.15) is 5.10 Å². The van der Waals surface area contributed by atoms with E-state index in [0.717, 1.165) is 11.1 Å². The van der Waals surface area contributed by atoms with Gasteiger partial charge in [0.1, 0.15) is 0 Å². The van der Waals surface area contributed by atoms with E-state index in [2.05, 4.69) is 10.2 Å². The molecule has 104 valence electrons. The van der Waals surface area contributed by atoms with Crippen LogP contribution in [0.3, 0.4) is 0 Å². The molecule has 0 saturated carbocycles. The topological polar surface area (TPSA) is 49.0 Å². The Bertz CT molecular complexity index is 623. The van der Waals surface area contributed by atoms with Crippen LogP contribution in [0.4, 0.5) is 0 Å². The van der Waals surface area contributed by atoms with Gasteiger partial charge in [-0.25, -0.2) is 0 Å². The van der Waals surface area contributed by atoms with Crippen LogP contribution in [-0.4, -0.2) is 28.1 Å². The molecule has 1 aromatic carbocycles. The Hall–Kier alpha value is -1.78. The number of rotatable bonds is 4. The van der Waals surface area contributed by atoms with Crippen LogP contribution >= 0.6 is 23.2 Å². The van der Waals surface area contributed by atoms with Gasteiger partial charge in [-0.3, -0.25) is 9.89 Å². The smallest absolute Gasteiger partial charge is 0.246 e. The monoisotopic (exact) mass is 309 g/mol. The molecule has 0 radical (unpaired) electrons. The van der Waals surface area contributed by atoms with E-state index in [9.17, 15) is 4.79 Å². The highest BCUT2D eigenvalue weighted by atomic mass is 35.5. The van der Waals surface area contributed by atoms with E-state index in [0.29, 0.717) is 16.6 Å². The maximum Gasteiger partial charge on any atom is 0.246 e. The normalized spacial score (nSPS) is 10.9. The Balaban J connectivity index is 2.01. The summed E-state index contributed by atoms with van der Waals surface area (Å²) in [5.74, 6) is -0.114. The van der Waals surface area contributed by atoms with Gasteiger partial charge in [0.25, 0.3) is 0 Å². The van der Waals surface area contributed by atoms with E-state index in [1.165, 1.54) is 6.08 Å². The first-order valence-electron chi connectivity index (χ1n) is 5.92. The zero-order valence-corrected chi connectivity index (χ0v) is 12.3. The molecule has 0 aliphatic rings. The Morgan fingerprint density at radius 3 is 2.90 bits per heavy atom. The van der Waals surface area contributed by atoms with Gasteiger partial charge >= 0.3 is 0 Å². The number of hydrogen-bond acceptors (Lipinski definition) is 2. The minimum atomic E-state index is -0.114. The van der Waals surface area contributed by atoms with Crippen molar-refractivity contribution in [3.8, 4) is 0 Å². The van der Waals surface area contributed by atoms with Crippen LogP contribution in [0.15, 0.2) is 36.7 Å². The Labute approximate surface area is 127 Å². The molecule has 1 heterocycles. The largest absolute Gasteiger partial charge is 0.338 e. The van der Waals surface area contributed by atoms with Crippen molar-refractivity contribution >= 4 is 35.2 Å². The number of carbonyl (C=O) groups is 1. The van der Waals surface area contributed by atoms with Crippen molar-refractivity contribution in [2.24, 2.45) is 0 Å². The SMILES string of the molecule is CN(Cc1cn[nH]c1)C(=O)C=Cc1ccc(Cl)cc1Cl. The van der Waals surface area contributed by atoms with E-state index >= 15 is 0 Å². The number of H-pyrrole nitrogens is 1. The van der Waals surface area contributed by atoms with Gasteiger partial charge in [0.05, 0.1) is 6.20 Å². The lowest BCUT2D eigenvalue weighted by Gasteiger charge is -2.13. The zero-order chi connectivity index (χ0) is 14.5. The number of nitrogens with one attached hydrogen (secondary N) is 1. The summed E-state index contributed by atoms with van der Waals surface area (Å²) < 4.78 is 0. The summed E-state index contributed by atoms with van der Waals surface area (Å²) in [6, 6.07) is 5.14. The van der Waals surface area contributed by atoms with Crippen LogP contribution < -0.4 is 0 Å². The first-order chi connectivity index (χ1) is 9.56. The fraction of sp³-hybridized carbons (Fsp3) is 0.143. The predicted molar refractivity (Wildman–Crippen MR) is 80.6 cm³/mol. The number of hydrogen-bond donors (Lipinski definition) is 1. The van der Waals surface area contributed by atoms with Gasteiger partial charge in [0, 0.05) is 41.5 Å². The summed E-state index contributed by atoms with van der Waals surface area (Å²) in [6.07, 6.45) is 6.59. The van der Waals surface area contributed by atoms with Crippen LogP contribution in [0.25, 0.3) is 6.08 Å². The van der Waals surface area contributed by atoms with Crippen LogP contribution in [0.1, 0.15) is 11.1 Å². The first-order valence-corrected chi connectivity index (χ1v) is 6.68. The van der Waals surface area contributed by atoms with Crippen molar-refractivity contribution in [3.63, 3.8) is 0 Å². The molecule has 0 aliphatic heterocycles. The van der Waals surface area contributed by atoms with E-state index in [1.807, 2.05) is 0 Å². The third kappa shape index (κ3) is 3.85. The van der Waals surface area contributed by atoms with Gasteiger partial charge < -0.3 is 4.90 Å². The van der Waals surface area contributed by atoms with E-state index < -0.39 is 0 Å². The second kappa shape index (κ2) is 6.59. The number of aromatic nitrogens is 2. The molecular weight excluding hydrogens is 297 g/mol. The Kier molecular flexibility index (Phi) is 4.82. The van der Waals surface area contributed by atoms with Crippen LogP contribution in [0.2, 0.25) is 10.0 Å². The highest BCUT2D eigenvalue weighted by Crippen LogP contribution is 2.22. The lowest BCUT2D eigenvalue weighted by Crippen LogP contribution is -2.23. The van der Waals surface area contributed by atoms with E-state index in [1.54, 1.807) is 48.6 Å². The molecule has 0 atom stereocenters. The van der Waals surface area contributed by atoms with Crippen LogP contribution in [0, 0.1) is 0 Å². The van der Waals surface area contributed by atoms with Crippen molar-refractivity contribution in [2.75, 3.05) is 7.05 Å². The van der Waals surface area contributed by atoms with Crippen molar-refractivity contribution in [2.45, 2.75) is 6.54 Å². The number of benzene rings is 1. The molecule has 0 aliphatic carbocycles. The number of halogens is 2. The van der Waals surface area contributed by atoms with Crippen molar-refractivity contribution < 1.29 is 4.79 Å². The van der Waals surface area contributed by atoms with Crippen molar-refractivity contribution in [3.05, 3.63) is 57.8 Å². The van der Waals surface area contributed by atoms with Gasteiger partial charge in [-0.05, 0) is 23.8 Å². The highest BCUT2D eigenvalue weighted by molar-refractivity contribution is 6.35. The fourth-order valence-corrected chi connectivity index (χ4v) is 2.11. The van der Waals surface area contributed by atoms with Gasteiger partial charge in [0.15, 0.2) is 0 Å². The third-order valence-corrected chi connectivity index (χ3v) is 3.28. The maximum absolute atomic E-state index is 12.0. The van der Waals surface area contributed by atoms with E-state index in [-0.39, 0.29) is 5.91 Å². The average molecular weight is 310 g/mol. The number of carbonyl (C=O) groups excluding carboxylic acids is 1. The highest BCUT2D eigenvalue weighted by Gasteiger charge is 2.06. The quantitative estimate of drug-likeness (QED) is 0.880. The minimum absolute atomic E-state index is 0.114. The summed E-state index contributed by atoms with van der Waals surface area (Å²) >= 11 is 11.9. The lowest BCUT2D eigenvalue weighted by molar-refractivity contribution is -0.125. The van der Waals surface area contributed by atoms with Gasteiger partial charge in [0.2, 0.25) is 5.91 Å². The van der Waals surface area contributed by atoms with Gasteiger partial charge in [-0.15, -0.1) is 0 Å². The maximum atomic E-state index is 12.0. The molecule has 0 saturated heterocycles. The summed E-state index contributed by atoms with van der Waals surface area (Å²) in [5.41, 5.74) is 1.69. The second-order valence-corrected chi connectivity index (χ2v) is 5.14. The summed E-state index contributed by atoms with van der Waals surface area (Å²) in [5, 5.41) is 7.62. The minimum Gasteiger partial charge on any atom is -0.338 e. The molecule has 2 rings (SSSR count). The summed E-state index contributed by atoms with van der Waals surface area (Å²) in [4.78, 5) is 13.5. The number of likely N-dealkylation sites (N-methyl/N-ethyl adjacent to an activating group) is 1. The molecule has 20 heavy (non-hydrogen) atoms. The standard InChI is InChI=1S/C14H13Cl2N3O/c1-19(9-10-7-17-18-8-10)14(20)5-3-11-2-4-12(15)6-13(11)16/h2-8H,9H2,1H3,(H,17,18). The molecule has 0 unspecified atom stereocenters. The first kappa shape index (κ1) is 14.6. The Morgan fingerprint density at radius 2 is 2.25 bits per heavy atom. The molecule has 1 N–H and O–H groups in total. The van der Waals surface area contributed by atoms with Crippen molar-refractivity contribution in [1.29, 1.82) is 0 Å². The summed E-state index contributed by atoms with van der Waals surface area (Å²) in [7, 11) is 1.73. The molecule has 1 amide bonds. The third-order valence-electron chi connectivity index (χ3n) is 2.72. The number of nitrogens with zero attached hydrogens (tertiary/aromatic N) is 2.